The minimum absolute atomic E-state index is 0.468. The molecular weight excluding hydrogens is 252 g/mol. The number of carbonyl (C=O) groups is 1. The number of halogens is 1. The van der Waals surface area contributed by atoms with Gasteiger partial charge in [0.25, 0.3) is 0 Å². The van der Waals surface area contributed by atoms with Gasteiger partial charge in [-0.15, -0.1) is 0 Å². The van der Waals surface area contributed by atoms with Crippen molar-refractivity contribution in [2.45, 2.75) is 6.10 Å². The Labute approximate surface area is 110 Å². The summed E-state index contributed by atoms with van der Waals surface area (Å²) in [6, 6.07) is 15.4. The third-order valence-corrected chi connectivity index (χ3v) is 2.65. The van der Waals surface area contributed by atoms with Gasteiger partial charge in [0, 0.05) is 10.6 Å². The van der Waals surface area contributed by atoms with Crippen molar-refractivity contribution < 1.29 is 14.6 Å². The van der Waals surface area contributed by atoms with Crippen LogP contribution in [0.25, 0.3) is 0 Å². The van der Waals surface area contributed by atoms with Crippen molar-refractivity contribution in [3.05, 3.63) is 65.2 Å². The summed E-state index contributed by atoms with van der Waals surface area (Å²) in [5, 5.41) is 9.77. The Morgan fingerprint density at radius 1 is 1.06 bits per heavy atom. The summed E-state index contributed by atoms with van der Waals surface area (Å²) >= 11 is 5.76. The molecule has 0 aliphatic carbocycles. The lowest BCUT2D eigenvalue weighted by Gasteiger charge is -2.15. The SMILES string of the molecule is O=C(O)[C@H](Oc1ccc(Cl)cc1)c1ccccc1. The van der Waals surface area contributed by atoms with Crippen LogP contribution in [0.5, 0.6) is 5.75 Å². The maximum Gasteiger partial charge on any atom is 0.349 e. The van der Waals surface area contributed by atoms with E-state index in [2.05, 4.69) is 0 Å². The number of carboxylic acid groups (broad SMARTS) is 1. The first-order chi connectivity index (χ1) is 8.66. The van der Waals surface area contributed by atoms with Crippen molar-refractivity contribution in [2.24, 2.45) is 0 Å². The third kappa shape index (κ3) is 3.02. The molecule has 1 N–H and O–H groups in total. The number of hydrogen-bond acceptors (Lipinski definition) is 2. The average Bonchev–Trinajstić information content (AvgIpc) is 2.38. The number of ether oxygens (including phenoxy) is 1. The molecular formula is C14H11ClO3. The molecule has 92 valence electrons. The first-order valence-corrected chi connectivity index (χ1v) is 5.74. The Morgan fingerprint density at radius 3 is 2.22 bits per heavy atom. The molecule has 18 heavy (non-hydrogen) atoms. The normalized spacial score (nSPS) is 11.8. The van der Waals surface area contributed by atoms with Gasteiger partial charge in [-0.25, -0.2) is 4.79 Å². The van der Waals surface area contributed by atoms with E-state index in [-0.39, 0.29) is 0 Å². The van der Waals surface area contributed by atoms with Crippen LogP contribution in [-0.4, -0.2) is 11.1 Å². The van der Waals surface area contributed by atoms with Crippen LogP contribution in [-0.2, 0) is 4.79 Å². The van der Waals surface area contributed by atoms with Crippen LogP contribution in [0.3, 0.4) is 0 Å². The molecule has 3 nitrogen and oxygen atoms in total. The molecule has 0 amide bonds. The van der Waals surface area contributed by atoms with E-state index in [0.717, 1.165) is 0 Å². The summed E-state index contributed by atoms with van der Waals surface area (Å²) in [4.78, 5) is 11.2. The topological polar surface area (TPSA) is 46.5 Å². The van der Waals surface area contributed by atoms with E-state index in [9.17, 15) is 9.90 Å². The molecule has 1 atom stereocenters. The van der Waals surface area contributed by atoms with Gasteiger partial charge in [0.05, 0.1) is 0 Å². The minimum Gasteiger partial charge on any atom is -0.478 e. The second-order valence-electron chi connectivity index (χ2n) is 3.70. The molecule has 0 aliphatic heterocycles. The van der Waals surface area contributed by atoms with Gasteiger partial charge in [-0.1, -0.05) is 41.9 Å². The van der Waals surface area contributed by atoms with Gasteiger partial charge in [-0.2, -0.15) is 0 Å². The summed E-state index contributed by atoms with van der Waals surface area (Å²) in [5.41, 5.74) is 0.597. The lowest BCUT2D eigenvalue weighted by atomic mass is 10.1. The fourth-order valence-electron chi connectivity index (χ4n) is 1.54. The monoisotopic (exact) mass is 262 g/mol. The molecule has 0 unspecified atom stereocenters. The smallest absolute Gasteiger partial charge is 0.349 e. The van der Waals surface area contributed by atoms with E-state index >= 15 is 0 Å². The second kappa shape index (κ2) is 5.56. The maximum atomic E-state index is 11.2. The quantitative estimate of drug-likeness (QED) is 0.917. The zero-order chi connectivity index (χ0) is 13.0. The van der Waals surface area contributed by atoms with E-state index in [1.165, 1.54) is 0 Å². The Morgan fingerprint density at radius 2 is 1.67 bits per heavy atom. The number of carboxylic acids is 1. The molecule has 0 radical (unpaired) electrons. The van der Waals surface area contributed by atoms with Crippen LogP contribution in [0.4, 0.5) is 0 Å². The van der Waals surface area contributed by atoms with Crippen LogP contribution < -0.4 is 4.74 Å². The molecule has 0 aromatic heterocycles. The molecule has 0 bridgehead atoms. The molecule has 2 aromatic rings. The summed E-state index contributed by atoms with van der Waals surface area (Å²) in [6.45, 7) is 0. The van der Waals surface area contributed by atoms with Crippen molar-refractivity contribution in [1.82, 2.24) is 0 Å². The highest BCUT2D eigenvalue weighted by atomic mass is 35.5. The van der Waals surface area contributed by atoms with E-state index < -0.39 is 12.1 Å². The van der Waals surface area contributed by atoms with E-state index in [1.807, 2.05) is 6.07 Å². The molecule has 0 saturated heterocycles. The highest BCUT2D eigenvalue weighted by Crippen LogP contribution is 2.23. The number of benzene rings is 2. The Bertz CT molecular complexity index is 522. The van der Waals surface area contributed by atoms with Gasteiger partial charge in [-0.05, 0) is 24.3 Å². The summed E-state index contributed by atoms with van der Waals surface area (Å²) in [6.07, 6.45) is -1.02. The van der Waals surface area contributed by atoms with Gasteiger partial charge in [0.2, 0.25) is 6.10 Å². The summed E-state index contributed by atoms with van der Waals surface area (Å²) in [7, 11) is 0. The van der Waals surface area contributed by atoms with Crippen LogP contribution in [0.1, 0.15) is 11.7 Å². The van der Waals surface area contributed by atoms with Gasteiger partial charge in [0.15, 0.2) is 0 Å². The van der Waals surface area contributed by atoms with Gasteiger partial charge >= 0.3 is 5.97 Å². The zero-order valence-corrected chi connectivity index (χ0v) is 10.2. The number of rotatable bonds is 4. The van der Waals surface area contributed by atoms with Crippen molar-refractivity contribution in [3.63, 3.8) is 0 Å². The molecule has 0 aliphatic rings. The summed E-state index contributed by atoms with van der Waals surface area (Å²) in [5.74, 6) is -0.563. The van der Waals surface area contributed by atoms with Crippen molar-refractivity contribution in [1.29, 1.82) is 0 Å². The third-order valence-electron chi connectivity index (χ3n) is 2.39. The fraction of sp³-hybridized carbons (Fsp3) is 0.0714. The predicted molar refractivity (Wildman–Crippen MR) is 68.9 cm³/mol. The van der Waals surface area contributed by atoms with Crippen molar-refractivity contribution >= 4 is 17.6 Å². The largest absolute Gasteiger partial charge is 0.478 e. The Hall–Kier alpha value is -2.00. The maximum absolute atomic E-state index is 11.2. The zero-order valence-electron chi connectivity index (χ0n) is 9.42. The van der Waals surface area contributed by atoms with E-state index in [1.54, 1.807) is 48.5 Å². The second-order valence-corrected chi connectivity index (χ2v) is 4.14. The van der Waals surface area contributed by atoms with Crippen molar-refractivity contribution in [2.75, 3.05) is 0 Å². The lowest BCUT2D eigenvalue weighted by Crippen LogP contribution is -2.18. The predicted octanol–water partition coefficient (Wildman–Crippen LogP) is 3.54. The molecule has 4 heteroatoms. The Kier molecular flexibility index (Phi) is 3.85. The Balaban J connectivity index is 2.22. The van der Waals surface area contributed by atoms with E-state index in [0.29, 0.717) is 16.3 Å². The highest BCUT2D eigenvalue weighted by molar-refractivity contribution is 6.30. The number of aliphatic carboxylic acids is 1. The first-order valence-electron chi connectivity index (χ1n) is 5.37. The average molecular weight is 263 g/mol. The molecule has 0 heterocycles. The van der Waals surface area contributed by atoms with Crippen LogP contribution in [0.2, 0.25) is 5.02 Å². The molecule has 2 aromatic carbocycles. The molecule has 0 spiro atoms. The first kappa shape index (κ1) is 12.5. The van der Waals surface area contributed by atoms with Crippen LogP contribution >= 0.6 is 11.6 Å². The summed E-state index contributed by atoms with van der Waals surface area (Å²) < 4.78 is 5.46. The van der Waals surface area contributed by atoms with Crippen LogP contribution in [0.15, 0.2) is 54.6 Å². The van der Waals surface area contributed by atoms with Gasteiger partial charge in [-0.3, -0.25) is 0 Å². The lowest BCUT2D eigenvalue weighted by molar-refractivity contribution is -0.145. The minimum atomic E-state index is -1.03. The standard InChI is InChI=1S/C14H11ClO3/c15-11-6-8-12(9-7-11)18-13(14(16)17)10-4-2-1-3-5-10/h1-9,13H,(H,16,17)/t13-/m1/s1. The van der Waals surface area contributed by atoms with Gasteiger partial charge in [0.1, 0.15) is 5.75 Å². The van der Waals surface area contributed by atoms with E-state index in [4.69, 9.17) is 16.3 Å². The highest BCUT2D eigenvalue weighted by Gasteiger charge is 2.21. The fourth-order valence-corrected chi connectivity index (χ4v) is 1.66. The molecule has 0 saturated carbocycles. The molecule has 2 rings (SSSR count). The number of hydrogen-bond donors (Lipinski definition) is 1. The molecule has 0 fully saturated rings. The van der Waals surface area contributed by atoms with Crippen molar-refractivity contribution in [3.8, 4) is 5.75 Å². The van der Waals surface area contributed by atoms with Gasteiger partial charge < -0.3 is 9.84 Å². The van der Waals surface area contributed by atoms with Crippen LogP contribution in [0, 0.1) is 0 Å².